The molecule has 0 amide bonds. The van der Waals surface area contributed by atoms with E-state index in [9.17, 15) is 0 Å². The van der Waals surface area contributed by atoms with Gasteiger partial charge in [0.15, 0.2) is 0 Å². The van der Waals surface area contributed by atoms with Crippen LogP contribution in [0.3, 0.4) is 0 Å². The molecule has 0 fully saturated rings. The first-order valence-corrected chi connectivity index (χ1v) is 8.29. The van der Waals surface area contributed by atoms with Gasteiger partial charge in [0.05, 0.1) is 18.8 Å². The highest BCUT2D eigenvalue weighted by Crippen LogP contribution is 2.32. The van der Waals surface area contributed by atoms with Crippen LogP contribution in [0.25, 0.3) is 0 Å². The predicted octanol–water partition coefficient (Wildman–Crippen LogP) is 1.42. The van der Waals surface area contributed by atoms with E-state index in [1.807, 2.05) is 32.0 Å². The number of nitrogens with zero attached hydrogens (tertiary/aromatic N) is 2. The molecule has 6 nitrogen and oxygen atoms in total. The Balaban J connectivity index is 0.00000112. The summed E-state index contributed by atoms with van der Waals surface area (Å²) in [6.45, 7) is 11.5. The van der Waals surface area contributed by atoms with Crippen molar-refractivity contribution in [3.8, 4) is 5.75 Å². The Kier molecular flexibility index (Phi) is 12.1. The molecule has 6 heteroatoms. The first-order valence-electron chi connectivity index (χ1n) is 8.29. The van der Waals surface area contributed by atoms with Crippen LogP contribution < -0.4 is 15.4 Å². The van der Waals surface area contributed by atoms with E-state index in [-0.39, 0.29) is 6.61 Å². The molecule has 1 heterocycles. The van der Waals surface area contributed by atoms with E-state index in [2.05, 4.69) is 16.7 Å². The van der Waals surface area contributed by atoms with Crippen molar-refractivity contribution in [1.82, 2.24) is 4.90 Å². The molecule has 0 saturated carbocycles. The van der Waals surface area contributed by atoms with E-state index >= 15 is 0 Å². The molecule has 1 aliphatic heterocycles. The topological polar surface area (TPSA) is 82.2 Å². The summed E-state index contributed by atoms with van der Waals surface area (Å²) >= 11 is 0. The van der Waals surface area contributed by atoms with Crippen molar-refractivity contribution in [1.29, 1.82) is 0 Å². The van der Waals surface area contributed by atoms with Crippen molar-refractivity contribution < 1.29 is 14.9 Å². The molecule has 23 heavy (non-hydrogen) atoms. The van der Waals surface area contributed by atoms with Gasteiger partial charge in [0.25, 0.3) is 0 Å². The summed E-state index contributed by atoms with van der Waals surface area (Å²) in [5.41, 5.74) is 7.62. The van der Waals surface area contributed by atoms with Crippen molar-refractivity contribution >= 4 is 11.4 Å². The number of rotatable bonds is 6. The predicted molar refractivity (Wildman–Crippen MR) is 97.3 cm³/mol. The lowest BCUT2D eigenvalue weighted by molar-refractivity contribution is 0.203. The Morgan fingerprint density at radius 2 is 1.96 bits per heavy atom. The maximum absolute atomic E-state index is 9.00. The van der Waals surface area contributed by atoms with Crippen molar-refractivity contribution in [2.75, 3.05) is 63.7 Å². The van der Waals surface area contributed by atoms with Crippen LogP contribution in [0.15, 0.2) is 18.2 Å². The van der Waals surface area contributed by atoms with Gasteiger partial charge in [-0.1, -0.05) is 20.8 Å². The number of ether oxygens (including phenoxy) is 1. The Morgan fingerprint density at radius 1 is 1.26 bits per heavy atom. The second kappa shape index (κ2) is 13.0. The summed E-state index contributed by atoms with van der Waals surface area (Å²) in [4.78, 5) is 4.56. The number of aliphatic hydroxyl groups is 2. The average Bonchev–Trinajstić information content (AvgIpc) is 2.61. The van der Waals surface area contributed by atoms with Crippen molar-refractivity contribution in [3.63, 3.8) is 0 Å². The van der Waals surface area contributed by atoms with Crippen LogP contribution in [0.5, 0.6) is 5.75 Å². The normalized spacial score (nSPS) is 12.4. The molecule has 2 rings (SSSR count). The Hall–Kier alpha value is -1.50. The van der Waals surface area contributed by atoms with E-state index in [0.717, 1.165) is 57.0 Å². The van der Waals surface area contributed by atoms with Gasteiger partial charge in [-0.15, -0.1) is 0 Å². The van der Waals surface area contributed by atoms with Crippen LogP contribution in [-0.2, 0) is 0 Å². The number of likely N-dealkylation sites (N-methyl/N-ethyl adjacent to an activating group) is 1. The fourth-order valence-electron chi connectivity index (χ4n) is 2.36. The standard InChI is InChI=1S/C14H23N3O2.C2H6.CH4O/c1-2-16(7-9-18)5-6-17-8-10-19-14-11-12(15)3-4-13(14)17;2*1-2/h3-4,11,18H,2,5-10,15H2,1H3;1-2H3;2H,1H3. The third-order valence-corrected chi connectivity index (χ3v) is 3.49. The van der Waals surface area contributed by atoms with Crippen LogP contribution in [0.1, 0.15) is 20.8 Å². The van der Waals surface area contributed by atoms with Crippen LogP contribution in [0.4, 0.5) is 11.4 Å². The number of nitrogen functional groups attached to an aromatic ring is 1. The zero-order valence-electron chi connectivity index (χ0n) is 15.0. The maximum Gasteiger partial charge on any atom is 0.144 e. The second-order valence-electron chi connectivity index (χ2n) is 4.72. The lowest BCUT2D eigenvalue weighted by atomic mass is 10.2. The summed E-state index contributed by atoms with van der Waals surface area (Å²) in [5, 5.41) is 16.0. The molecular weight excluding hydrogens is 294 g/mol. The zero-order chi connectivity index (χ0) is 17.7. The number of fused-ring (bicyclic) bond motifs is 1. The first-order chi connectivity index (χ1) is 11.2. The summed E-state index contributed by atoms with van der Waals surface area (Å²) < 4.78 is 5.64. The molecule has 0 atom stereocenters. The number of hydrogen-bond donors (Lipinski definition) is 3. The van der Waals surface area contributed by atoms with Gasteiger partial charge in [-0.25, -0.2) is 0 Å². The third-order valence-electron chi connectivity index (χ3n) is 3.49. The molecule has 1 aromatic carbocycles. The van der Waals surface area contributed by atoms with E-state index < -0.39 is 0 Å². The van der Waals surface area contributed by atoms with E-state index in [4.69, 9.17) is 20.7 Å². The number of anilines is 2. The average molecular weight is 327 g/mol. The van der Waals surface area contributed by atoms with Gasteiger partial charge in [-0.3, -0.25) is 4.90 Å². The minimum absolute atomic E-state index is 0.212. The number of hydrogen-bond acceptors (Lipinski definition) is 6. The fourth-order valence-corrected chi connectivity index (χ4v) is 2.36. The van der Waals surface area contributed by atoms with Gasteiger partial charge in [0, 0.05) is 38.5 Å². The molecule has 0 bridgehead atoms. The van der Waals surface area contributed by atoms with Crippen molar-refractivity contribution in [2.45, 2.75) is 20.8 Å². The molecule has 0 spiro atoms. The summed E-state index contributed by atoms with van der Waals surface area (Å²) in [6, 6.07) is 5.81. The summed E-state index contributed by atoms with van der Waals surface area (Å²) in [7, 11) is 1.00. The van der Waals surface area contributed by atoms with Gasteiger partial charge in [-0.05, 0) is 18.7 Å². The zero-order valence-corrected chi connectivity index (χ0v) is 15.0. The van der Waals surface area contributed by atoms with Gasteiger partial charge < -0.3 is 25.6 Å². The largest absolute Gasteiger partial charge is 0.489 e. The second-order valence-corrected chi connectivity index (χ2v) is 4.72. The molecular formula is C17H33N3O3. The van der Waals surface area contributed by atoms with Crippen molar-refractivity contribution in [3.05, 3.63) is 18.2 Å². The van der Waals surface area contributed by atoms with Gasteiger partial charge >= 0.3 is 0 Å². The highest BCUT2D eigenvalue weighted by Gasteiger charge is 2.18. The molecule has 0 aromatic heterocycles. The van der Waals surface area contributed by atoms with E-state index in [0.29, 0.717) is 6.61 Å². The smallest absolute Gasteiger partial charge is 0.144 e. The lowest BCUT2D eigenvalue weighted by Gasteiger charge is -2.33. The van der Waals surface area contributed by atoms with Gasteiger partial charge in [0.1, 0.15) is 12.4 Å². The molecule has 1 aliphatic rings. The molecule has 0 unspecified atom stereocenters. The van der Waals surface area contributed by atoms with E-state index in [1.165, 1.54) is 0 Å². The Labute approximate surface area is 140 Å². The SMILES string of the molecule is CC.CCN(CCO)CCN1CCOc2cc(N)ccc21.CO. The highest BCUT2D eigenvalue weighted by atomic mass is 16.5. The first kappa shape index (κ1) is 21.5. The fraction of sp³-hybridized carbons (Fsp3) is 0.647. The van der Waals surface area contributed by atoms with Gasteiger partial charge in [-0.2, -0.15) is 0 Å². The lowest BCUT2D eigenvalue weighted by Crippen LogP contribution is -2.40. The Morgan fingerprint density at radius 3 is 2.57 bits per heavy atom. The third kappa shape index (κ3) is 7.07. The van der Waals surface area contributed by atoms with Crippen molar-refractivity contribution in [2.24, 2.45) is 0 Å². The molecule has 0 radical (unpaired) electrons. The van der Waals surface area contributed by atoms with Crippen LogP contribution in [0, 0.1) is 0 Å². The molecule has 0 aliphatic carbocycles. The highest BCUT2D eigenvalue weighted by molar-refractivity contribution is 5.65. The number of aliphatic hydroxyl groups excluding tert-OH is 2. The molecule has 4 N–H and O–H groups in total. The quantitative estimate of drug-likeness (QED) is 0.686. The maximum atomic E-state index is 9.00. The monoisotopic (exact) mass is 327 g/mol. The molecule has 134 valence electrons. The minimum atomic E-state index is 0.212. The summed E-state index contributed by atoms with van der Waals surface area (Å²) in [5.74, 6) is 0.872. The summed E-state index contributed by atoms with van der Waals surface area (Å²) in [6.07, 6.45) is 0. The van der Waals surface area contributed by atoms with E-state index in [1.54, 1.807) is 0 Å². The van der Waals surface area contributed by atoms with Gasteiger partial charge in [0.2, 0.25) is 0 Å². The van der Waals surface area contributed by atoms with Crippen LogP contribution in [0.2, 0.25) is 0 Å². The minimum Gasteiger partial charge on any atom is -0.489 e. The number of nitrogens with two attached hydrogens (primary N) is 1. The molecule has 1 aromatic rings. The van der Waals surface area contributed by atoms with Crippen LogP contribution in [-0.4, -0.2) is 68.2 Å². The number of benzene rings is 1. The van der Waals surface area contributed by atoms with Crippen LogP contribution >= 0.6 is 0 Å². The molecule has 0 saturated heterocycles. The Bertz CT molecular complexity index is 416.